The topological polar surface area (TPSA) is 35.2 Å². The third-order valence-corrected chi connectivity index (χ3v) is 4.26. The van der Waals surface area contributed by atoms with Gasteiger partial charge in [0.05, 0.1) is 0 Å². The Bertz CT molecular complexity index is 374. The molecule has 1 aromatic rings. The molecule has 0 amide bonds. The van der Waals surface area contributed by atoms with Crippen molar-refractivity contribution in [2.24, 2.45) is 11.1 Å². The van der Waals surface area contributed by atoms with E-state index in [9.17, 15) is 0 Å². The fraction of sp³-hybridized carbons (Fsp3) is 0.625. The summed E-state index contributed by atoms with van der Waals surface area (Å²) in [6.45, 7) is 8.34. The van der Waals surface area contributed by atoms with E-state index in [2.05, 4.69) is 51.1 Å². The van der Waals surface area contributed by atoms with Crippen LogP contribution in [0.25, 0.3) is 0 Å². The summed E-state index contributed by atoms with van der Waals surface area (Å²) in [4.78, 5) is 0. The number of rotatable bonds is 2. The van der Waals surface area contributed by atoms with Crippen LogP contribution >= 0.6 is 0 Å². The van der Waals surface area contributed by atoms with Gasteiger partial charge in [-0.25, -0.2) is 0 Å². The van der Waals surface area contributed by atoms with Crippen LogP contribution in [0.4, 0.5) is 0 Å². The van der Waals surface area contributed by atoms with Crippen molar-refractivity contribution in [1.29, 1.82) is 0 Å². The van der Waals surface area contributed by atoms with Gasteiger partial charge in [-0.15, -0.1) is 0 Å². The first-order valence-electron chi connectivity index (χ1n) is 6.86. The van der Waals surface area contributed by atoms with Crippen LogP contribution in [-0.2, 0) is 10.2 Å². The number of benzene rings is 1. The van der Waals surface area contributed by atoms with Crippen molar-refractivity contribution in [1.82, 2.24) is 0 Å². The van der Waals surface area contributed by atoms with Crippen LogP contribution in [0.2, 0.25) is 0 Å². The van der Waals surface area contributed by atoms with E-state index < -0.39 is 0 Å². The molecule has 2 nitrogen and oxygen atoms in total. The first-order chi connectivity index (χ1) is 8.47. The van der Waals surface area contributed by atoms with Gasteiger partial charge in [-0.2, -0.15) is 0 Å². The maximum absolute atomic E-state index is 6.64. The van der Waals surface area contributed by atoms with Gasteiger partial charge >= 0.3 is 0 Å². The SMILES string of the molecule is CC(C)(C)C(N)C1(c2ccccc2)CCOCC1. The zero-order valence-corrected chi connectivity index (χ0v) is 11.8. The molecular formula is C16H25NO. The molecule has 1 saturated heterocycles. The summed E-state index contributed by atoms with van der Waals surface area (Å²) < 4.78 is 5.55. The number of ether oxygens (including phenoxy) is 1. The van der Waals surface area contributed by atoms with E-state index in [0.29, 0.717) is 0 Å². The Kier molecular flexibility index (Phi) is 3.79. The van der Waals surface area contributed by atoms with Crippen LogP contribution < -0.4 is 5.73 Å². The number of hydrogen-bond donors (Lipinski definition) is 1. The summed E-state index contributed by atoms with van der Waals surface area (Å²) in [6.07, 6.45) is 2.05. The molecule has 2 rings (SSSR count). The lowest BCUT2D eigenvalue weighted by molar-refractivity contribution is 0.0224. The lowest BCUT2D eigenvalue weighted by atomic mass is 9.62. The van der Waals surface area contributed by atoms with Gasteiger partial charge in [-0.1, -0.05) is 51.1 Å². The summed E-state index contributed by atoms with van der Waals surface area (Å²) >= 11 is 0. The molecule has 1 aromatic carbocycles. The van der Waals surface area contributed by atoms with E-state index in [4.69, 9.17) is 10.5 Å². The van der Waals surface area contributed by atoms with Crippen LogP contribution in [0, 0.1) is 5.41 Å². The molecule has 2 heteroatoms. The highest BCUT2D eigenvalue weighted by Gasteiger charge is 2.44. The third-order valence-electron chi connectivity index (χ3n) is 4.26. The Morgan fingerprint density at radius 1 is 1.11 bits per heavy atom. The maximum atomic E-state index is 6.64. The van der Waals surface area contributed by atoms with E-state index in [-0.39, 0.29) is 16.9 Å². The lowest BCUT2D eigenvalue weighted by Gasteiger charge is -2.47. The lowest BCUT2D eigenvalue weighted by Crippen LogP contribution is -2.55. The Labute approximate surface area is 111 Å². The maximum Gasteiger partial charge on any atom is 0.0475 e. The van der Waals surface area contributed by atoms with Crippen molar-refractivity contribution in [2.75, 3.05) is 13.2 Å². The van der Waals surface area contributed by atoms with Crippen molar-refractivity contribution in [2.45, 2.75) is 45.1 Å². The Hall–Kier alpha value is -0.860. The molecule has 1 fully saturated rings. The quantitative estimate of drug-likeness (QED) is 0.871. The molecule has 1 atom stereocenters. The smallest absolute Gasteiger partial charge is 0.0475 e. The van der Waals surface area contributed by atoms with Crippen LogP contribution in [0.15, 0.2) is 30.3 Å². The summed E-state index contributed by atoms with van der Waals surface area (Å²) in [5.41, 5.74) is 8.18. The standard InChI is InChI=1S/C16H25NO/c1-15(2,3)14(17)16(9-11-18-12-10-16)13-7-5-4-6-8-13/h4-8,14H,9-12,17H2,1-3H3. The largest absolute Gasteiger partial charge is 0.381 e. The van der Waals surface area contributed by atoms with Crippen molar-refractivity contribution in [3.63, 3.8) is 0 Å². The van der Waals surface area contributed by atoms with Crippen molar-refractivity contribution >= 4 is 0 Å². The normalized spacial score (nSPS) is 21.6. The molecule has 1 unspecified atom stereocenters. The predicted molar refractivity (Wildman–Crippen MR) is 75.6 cm³/mol. The van der Waals surface area contributed by atoms with Gasteiger partial charge in [0.2, 0.25) is 0 Å². The molecular weight excluding hydrogens is 222 g/mol. The average Bonchev–Trinajstić information content (AvgIpc) is 2.39. The van der Waals surface area contributed by atoms with E-state index in [1.807, 2.05) is 0 Å². The van der Waals surface area contributed by atoms with Crippen LogP contribution in [-0.4, -0.2) is 19.3 Å². The molecule has 0 aromatic heterocycles. The molecule has 0 bridgehead atoms. The van der Waals surface area contributed by atoms with Gasteiger partial charge in [-0.05, 0) is 23.8 Å². The highest BCUT2D eigenvalue weighted by molar-refractivity contribution is 5.29. The summed E-state index contributed by atoms with van der Waals surface area (Å²) in [7, 11) is 0. The van der Waals surface area contributed by atoms with E-state index in [1.54, 1.807) is 0 Å². The van der Waals surface area contributed by atoms with Crippen molar-refractivity contribution < 1.29 is 4.74 Å². The van der Waals surface area contributed by atoms with Crippen LogP contribution in [0.5, 0.6) is 0 Å². The monoisotopic (exact) mass is 247 g/mol. The van der Waals surface area contributed by atoms with E-state index >= 15 is 0 Å². The molecule has 1 heterocycles. The summed E-state index contributed by atoms with van der Waals surface area (Å²) in [5.74, 6) is 0. The summed E-state index contributed by atoms with van der Waals surface area (Å²) in [5, 5.41) is 0. The highest BCUT2D eigenvalue weighted by atomic mass is 16.5. The number of hydrogen-bond acceptors (Lipinski definition) is 2. The molecule has 0 radical (unpaired) electrons. The molecule has 2 N–H and O–H groups in total. The molecule has 100 valence electrons. The zero-order chi connectivity index (χ0) is 13.2. The molecule has 0 saturated carbocycles. The highest BCUT2D eigenvalue weighted by Crippen LogP contribution is 2.42. The Balaban J connectivity index is 2.41. The Morgan fingerprint density at radius 2 is 1.67 bits per heavy atom. The third kappa shape index (κ3) is 2.45. The fourth-order valence-electron chi connectivity index (χ4n) is 3.11. The first kappa shape index (κ1) is 13.6. The minimum atomic E-state index is 0.0672. The average molecular weight is 247 g/mol. The second-order valence-corrected chi connectivity index (χ2v) is 6.48. The minimum absolute atomic E-state index is 0.0672. The van der Waals surface area contributed by atoms with E-state index in [0.717, 1.165) is 26.1 Å². The van der Waals surface area contributed by atoms with Crippen LogP contribution in [0.3, 0.4) is 0 Å². The van der Waals surface area contributed by atoms with Gasteiger partial charge < -0.3 is 10.5 Å². The molecule has 0 aliphatic carbocycles. The van der Waals surface area contributed by atoms with Crippen molar-refractivity contribution in [3.8, 4) is 0 Å². The second-order valence-electron chi connectivity index (χ2n) is 6.48. The fourth-order valence-corrected chi connectivity index (χ4v) is 3.11. The zero-order valence-electron chi connectivity index (χ0n) is 11.8. The summed E-state index contributed by atoms with van der Waals surface area (Å²) in [6, 6.07) is 10.9. The van der Waals surface area contributed by atoms with Gasteiger partial charge in [0.15, 0.2) is 0 Å². The second kappa shape index (κ2) is 5.02. The van der Waals surface area contributed by atoms with Gasteiger partial charge in [0.25, 0.3) is 0 Å². The van der Waals surface area contributed by atoms with Gasteiger partial charge in [0.1, 0.15) is 0 Å². The van der Waals surface area contributed by atoms with Crippen molar-refractivity contribution in [3.05, 3.63) is 35.9 Å². The van der Waals surface area contributed by atoms with E-state index in [1.165, 1.54) is 5.56 Å². The predicted octanol–water partition coefficient (Wildman–Crippen LogP) is 3.11. The Morgan fingerprint density at radius 3 is 2.17 bits per heavy atom. The molecule has 0 spiro atoms. The molecule has 18 heavy (non-hydrogen) atoms. The first-order valence-corrected chi connectivity index (χ1v) is 6.86. The van der Waals surface area contributed by atoms with Gasteiger partial charge in [0, 0.05) is 24.7 Å². The molecule has 1 aliphatic heterocycles. The number of nitrogens with two attached hydrogens (primary N) is 1. The molecule has 1 aliphatic rings. The van der Waals surface area contributed by atoms with Gasteiger partial charge in [-0.3, -0.25) is 0 Å². The van der Waals surface area contributed by atoms with Crippen LogP contribution in [0.1, 0.15) is 39.2 Å². The minimum Gasteiger partial charge on any atom is -0.381 e.